The van der Waals surface area contributed by atoms with Gasteiger partial charge in [-0.1, -0.05) is 20.8 Å². The van der Waals surface area contributed by atoms with Crippen molar-refractivity contribution in [3.63, 3.8) is 0 Å². The normalized spacial score (nSPS) is 12.6. The molecule has 0 bridgehead atoms. The Hall–Kier alpha value is -0.410. The van der Waals surface area contributed by atoms with E-state index in [0.29, 0.717) is 0 Å². The molecule has 2 aromatic rings. The van der Waals surface area contributed by atoms with E-state index in [2.05, 4.69) is 38.7 Å². The fourth-order valence-corrected chi connectivity index (χ4v) is 3.35. The largest absolute Gasteiger partial charge is 0.230 e. The van der Waals surface area contributed by atoms with Crippen LogP contribution in [0.25, 0.3) is 9.53 Å². The van der Waals surface area contributed by atoms with Crippen molar-refractivity contribution in [1.29, 1.82) is 0 Å². The van der Waals surface area contributed by atoms with Crippen molar-refractivity contribution in [2.24, 2.45) is 0 Å². The second-order valence-electron chi connectivity index (χ2n) is 4.30. The Labute approximate surface area is 86.4 Å². The van der Waals surface area contributed by atoms with Gasteiger partial charge >= 0.3 is 0 Å². The van der Waals surface area contributed by atoms with Gasteiger partial charge in [0.25, 0.3) is 0 Å². The standard InChI is InChI=1S/C10H13NS2/c1-6-5-7-8(12-6)11-9(13-7)10(2,3)4/h5H,1-4H3. The quantitative estimate of drug-likeness (QED) is 0.642. The molecule has 3 heteroatoms. The predicted octanol–water partition coefficient (Wildman–Crippen LogP) is 3.96. The first kappa shape index (κ1) is 9.16. The second kappa shape index (κ2) is 2.79. The smallest absolute Gasteiger partial charge is 0.134 e. The van der Waals surface area contributed by atoms with Crippen molar-refractivity contribution in [2.75, 3.05) is 0 Å². The minimum atomic E-state index is 0.192. The average Bonchev–Trinajstić information content (AvgIpc) is 2.40. The maximum Gasteiger partial charge on any atom is 0.134 e. The molecule has 0 aliphatic carbocycles. The molecule has 0 saturated heterocycles. The Balaban J connectivity index is 2.57. The van der Waals surface area contributed by atoms with Crippen LogP contribution in [0.3, 0.4) is 0 Å². The highest BCUT2D eigenvalue weighted by Crippen LogP contribution is 2.35. The summed E-state index contributed by atoms with van der Waals surface area (Å²) < 4.78 is 1.34. The molecule has 0 radical (unpaired) electrons. The molecule has 70 valence electrons. The van der Waals surface area contributed by atoms with Crippen LogP contribution in [0.2, 0.25) is 0 Å². The number of thiophene rings is 1. The maximum atomic E-state index is 4.64. The van der Waals surface area contributed by atoms with Crippen LogP contribution < -0.4 is 0 Å². The number of rotatable bonds is 0. The van der Waals surface area contributed by atoms with Gasteiger partial charge in [-0.2, -0.15) is 0 Å². The van der Waals surface area contributed by atoms with Crippen molar-refractivity contribution >= 4 is 32.2 Å². The van der Waals surface area contributed by atoms with Crippen LogP contribution in [0.5, 0.6) is 0 Å². The zero-order chi connectivity index (χ0) is 9.64. The van der Waals surface area contributed by atoms with Gasteiger partial charge in [0.2, 0.25) is 0 Å². The summed E-state index contributed by atoms with van der Waals surface area (Å²) in [6.45, 7) is 8.77. The molecule has 0 aliphatic rings. The molecular weight excluding hydrogens is 198 g/mol. The van der Waals surface area contributed by atoms with Gasteiger partial charge in [0.15, 0.2) is 0 Å². The van der Waals surface area contributed by atoms with Crippen LogP contribution in [-0.2, 0) is 5.41 Å². The molecular formula is C10H13NS2. The lowest BCUT2D eigenvalue weighted by molar-refractivity contribution is 0.587. The van der Waals surface area contributed by atoms with E-state index >= 15 is 0 Å². The molecule has 0 aliphatic heterocycles. The molecule has 0 atom stereocenters. The lowest BCUT2D eigenvalue weighted by atomic mass is 9.98. The van der Waals surface area contributed by atoms with Gasteiger partial charge in [-0.3, -0.25) is 0 Å². The van der Waals surface area contributed by atoms with Crippen molar-refractivity contribution in [2.45, 2.75) is 33.1 Å². The Morgan fingerprint density at radius 1 is 1.23 bits per heavy atom. The van der Waals surface area contributed by atoms with Crippen molar-refractivity contribution in [1.82, 2.24) is 4.98 Å². The van der Waals surface area contributed by atoms with Crippen LogP contribution >= 0.6 is 22.7 Å². The second-order valence-corrected chi connectivity index (χ2v) is 6.56. The van der Waals surface area contributed by atoms with E-state index in [-0.39, 0.29) is 5.41 Å². The van der Waals surface area contributed by atoms with Crippen LogP contribution in [0.4, 0.5) is 0 Å². The molecule has 0 N–H and O–H groups in total. The third-order valence-corrected chi connectivity index (χ3v) is 4.36. The fourth-order valence-electron chi connectivity index (χ4n) is 1.17. The van der Waals surface area contributed by atoms with Gasteiger partial charge in [-0.05, 0) is 13.0 Å². The van der Waals surface area contributed by atoms with Gasteiger partial charge in [0.1, 0.15) is 9.84 Å². The molecule has 0 amide bonds. The Bertz CT molecular complexity index is 400. The summed E-state index contributed by atoms with van der Waals surface area (Å²) in [6, 6.07) is 2.23. The number of hydrogen-bond donors (Lipinski definition) is 0. The van der Waals surface area contributed by atoms with E-state index in [4.69, 9.17) is 0 Å². The first-order chi connectivity index (χ1) is 5.97. The molecule has 0 spiro atoms. The van der Waals surface area contributed by atoms with Crippen LogP contribution in [0, 0.1) is 6.92 Å². The van der Waals surface area contributed by atoms with E-state index in [9.17, 15) is 0 Å². The van der Waals surface area contributed by atoms with Crippen molar-refractivity contribution in [3.8, 4) is 0 Å². The van der Waals surface area contributed by atoms with Crippen LogP contribution in [-0.4, -0.2) is 4.98 Å². The lowest BCUT2D eigenvalue weighted by Gasteiger charge is -2.13. The Morgan fingerprint density at radius 2 is 1.92 bits per heavy atom. The lowest BCUT2D eigenvalue weighted by Crippen LogP contribution is -2.09. The Kier molecular flexibility index (Phi) is 1.96. The van der Waals surface area contributed by atoms with Crippen molar-refractivity contribution in [3.05, 3.63) is 16.0 Å². The first-order valence-electron chi connectivity index (χ1n) is 4.34. The number of fused-ring (bicyclic) bond motifs is 1. The molecule has 0 unspecified atom stereocenters. The van der Waals surface area contributed by atoms with Gasteiger partial charge < -0.3 is 0 Å². The first-order valence-corrected chi connectivity index (χ1v) is 5.97. The van der Waals surface area contributed by atoms with E-state index < -0.39 is 0 Å². The van der Waals surface area contributed by atoms with E-state index in [1.54, 1.807) is 11.3 Å². The fraction of sp³-hybridized carbons (Fsp3) is 0.500. The summed E-state index contributed by atoms with van der Waals surface area (Å²) in [5.74, 6) is 0. The minimum Gasteiger partial charge on any atom is -0.230 e. The Morgan fingerprint density at radius 3 is 2.46 bits per heavy atom. The summed E-state index contributed by atoms with van der Waals surface area (Å²) in [5.41, 5.74) is 0.192. The molecule has 1 nitrogen and oxygen atoms in total. The monoisotopic (exact) mass is 211 g/mol. The molecule has 13 heavy (non-hydrogen) atoms. The number of hydrogen-bond acceptors (Lipinski definition) is 3. The van der Waals surface area contributed by atoms with E-state index in [1.165, 1.54) is 19.4 Å². The average molecular weight is 211 g/mol. The number of aryl methyl sites for hydroxylation is 1. The molecule has 2 rings (SSSR count). The SMILES string of the molecule is Cc1cc2sc(C(C)(C)C)nc2s1. The topological polar surface area (TPSA) is 12.9 Å². The minimum absolute atomic E-state index is 0.192. The highest BCUT2D eigenvalue weighted by atomic mass is 32.1. The van der Waals surface area contributed by atoms with Gasteiger partial charge in [-0.15, -0.1) is 22.7 Å². The molecule has 0 saturated carbocycles. The molecule has 2 heterocycles. The summed E-state index contributed by atoms with van der Waals surface area (Å²) in [4.78, 5) is 7.20. The zero-order valence-electron chi connectivity index (χ0n) is 8.34. The number of thiazole rings is 1. The third-order valence-electron chi connectivity index (χ3n) is 1.85. The van der Waals surface area contributed by atoms with Crippen LogP contribution in [0.1, 0.15) is 30.7 Å². The van der Waals surface area contributed by atoms with Gasteiger partial charge in [0.05, 0.1) is 4.70 Å². The van der Waals surface area contributed by atoms with Gasteiger partial charge in [0, 0.05) is 10.3 Å². The molecule has 0 fully saturated rings. The number of aromatic nitrogens is 1. The van der Waals surface area contributed by atoms with Gasteiger partial charge in [-0.25, -0.2) is 4.98 Å². The predicted molar refractivity (Wildman–Crippen MR) is 60.9 cm³/mol. The highest BCUT2D eigenvalue weighted by Gasteiger charge is 2.19. The number of nitrogens with zero attached hydrogens (tertiary/aromatic N) is 1. The summed E-state index contributed by atoms with van der Waals surface area (Å²) >= 11 is 3.61. The summed E-state index contributed by atoms with van der Waals surface area (Å²) in [6.07, 6.45) is 0. The maximum absolute atomic E-state index is 4.64. The zero-order valence-corrected chi connectivity index (χ0v) is 9.97. The van der Waals surface area contributed by atoms with Crippen LogP contribution in [0.15, 0.2) is 6.07 Å². The van der Waals surface area contributed by atoms with E-state index in [0.717, 1.165) is 0 Å². The highest BCUT2D eigenvalue weighted by molar-refractivity contribution is 7.27. The third kappa shape index (κ3) is 1.63. The molecule has 0 aromatic carbocycles. The van der Waals surface area contributed by atoms with Crippen molar-refractivity contribution < 1.29 is 0 Å². The molecule has 2 aromatic heterocycles. The summed E-state index contributed by atoms with van der Waals surface area (Å²) in [5, 5.41) is 1.24. The van der Waals surface area contributed by atoms with E-state index in [1.807, 2.05) is 11.3 Å². The summed E-state index contributed by atoms with van der Waals surface area (Å²) in [7, 11) is 0.